The number of pyridine rings is 1. The van der Waals surface area contributed by atoms with Crippen molar-refractivity contribution < 1.29 is 0 Å². The van der Waals surface area contributed by atoms with Crippen molar-refractivity contribution in [2.45, 2.75) is 6.92 Å². The number of hydrogen-bond acceptors (Lipinski definition) is 4. The fourth-order valence-electron chi connectivity index (χ4n) is 1.44. The Morgan fingerprint density at radius 2 is 2.18 bits per heavy atom. The Morgan fingerprint density at radius 3 is 2.71 bits per heavy atom. The molecule has 0 radical (unpaired) electrons. The molecular weight excluding hydrogens is 259 g/mol. The van der Waals surface area contributed by atoms with Crippen LogP contribution in [0.2, 0.25) is 10.0 Å². The topological polar surface area (TPSA) is 52.0 Å². The zero-order chi connectivity index (χ0) is 13.0. The predicted molar refractivity (Wildman–Crippen MR) is 71.9 cm³/mol. The van der Waals surface area contributed by atoms with Crippen molar-refractivity contribution >= 4 is 34.8 Å². The number of anilines is 2. The standard InChI is InChI=1S/C11H14Cl2N4/c1-7(5-14)6-17(3)11-9(13)4-8(12)10(15-2)16-11/h4,7H,6H2,1-3H3,(H,15,16). The summed E-state index contributed by atoms with van der Waals surface area (Å²) in [6, 6.07) is 3.81. The summed E-state index contributed by atoms with van der Waals surface area (Å²) in [5.41, 5.74) is 0. The molecule has 0 fully saturated rings. The molecule has 0 bridgehead atoms. The lowest BCUT2D eigenvalue weighted by Gasteiger charge is -2.21. The van der Waals surface area contributed by atoms with Gasteiger partial charge in [-0.1, -0.05) is 23.2 Å². The first-order valence-corrected chi connectivity index (χ1v) is 5.89. The van der Waals surface area contributed by atoms with Gasteiger partial charge < -0.3 is 10.2 Å². The minimum Gasteiger partial charge on any atom is -0.372 e. The third-order valence-electron chi connectivity index (χ3n) is 2.28. The first-order chi connectivity index (χ1) is 7.99. The summed E-state index contributed by atoms with van der Waals surface area (Å²) in [5, 5.41) is 12.6. The molecule has 0 aliphatic heterocycles. The Balaban J connectivity index is 3.01. The van der Waals surface area contributed by atoms with E-state index in [1.54, 1.807) is 13.1 Å². The van der Waals surface area contributed by atoms with Gasteiger partial charge in [-0.05, 0) is 13.0 Å². The largest absolute Gasteiger partial charge is 0.372 e. The van der Waals surface area contributed by atoms with Crippen LogP contribution in [0.4, 0.5) is 11.6 Å². The second kappa shape index (κ2) is 5.95. The summed E-state index contributed by atoms with van der Waals surface area (Å²) in [7, 11) is 3.58. The lowest BCUT2D eigenvalue weighted by atomic mass is 10.2. The zero-order valence-corrected chi connectivity index (χ0v) is 11.5. The summed E-state index contributed by atoms with van der Waals surface area (Å²) < 4.78 is 0. The molecule has 1 heterocycles. The van der Waals surface area contributed by atoms with Crippen LogP contribution in [0.25, 0.3) is 0 Å². The molecule has 0 saturated carbocycles. The average molecular weight is 273 g/mol. The second-order valence-corrected chi connectivity index (χ2v) is 4.60. The van der Waals surface area contributed by atoms with E-state index in [1.165, 1.54) is 0 Å². The normalized spacial score (nSPS) is 11.8. The van der Waals surface area contributed by atoms with Crippen LogP contribution in [0.3, 0.4) is 0 Å². The van der Waals surface area contributed by atoms with Crippen molar-refractivity contribution in [2.75, 3.05) is 30.9 Å². The van der Waals surface area contributed by atoms with Gasteiger partial charge in [0.25, 0.3) is 0 Å². The maximum Gasteiger partial charge on any atom is 0.149 e. The van der Waals surface area contributed by atoms with Crippen molar-refractivity contribution in [1.29, 1.82) is 5.26 Å². The average Bonchev–Trinajstić information content (AvgIpc) is 2.28. The van der Waals surface area contributed by atoms with Gasteiger partial charge in [0.15, 0.2) is 0 Å². The highest BCUT2D eigenvalue weighted by molar-refractivity contribution is 6.37. The number of rotatable bonds is 4. The van der Waals surface area contributed by atoms with Crippen molar-refractivity contribution in [2.24, 2.45) is 5.92 Å². The monoisotopic (exact) mass is 272 g/mol. The van der Waals surface area contributed by atoms with Crippen LogP contribution in [0.15, 0.2) is 6.07 Å². The van der Waals surface area contributed by atoms with E-state index in [-0.39, 0.29) is 5.92 Å². The number of halogens is 2. The van der Waals surface area contributed by atoms with E-state index in [1.807, 2.05) is 18.9 Å². The molecule has 0 amide bonds. The third-order valence-corrected chi connectivity index (χ3v) is 2.84. The van der Waals surface area contributed by atoms with Crippen LogP contribution in [-0.4, -0.2) is 25.6 Å². The molecule has 92 valence electrons. The van der Waals surface area contributed by atoms with E-state index in [0.717, 1.165) is 0 Å². The quantitative estimate of drug-likeness (QED) is 0.916. The molecule has 17 heavy (non-hydrogen) atoms. The smallest absolute Gasteiger partial charge is 0.149 e. The molecule has 1 atom stereocenters. The Morgan fingerprint density at radius 1 is 1.53 bits per heavy atom. The van der Waals surface area contributed by atoms with Gasteiger partial charge in [-0.25, -0.2) is 4.98 Å². The van der Waals surface area contributed by atoms with Crippen LogP contribution in [0, 0.1) is 17.2 Å². The summed E-state index contributed by atoms with van der Waals surface area (Å²) in [4.78, 5) is 6.16. The molecule has 0 aliphatic carbocycles. The SMILES string of the molecule is CNc1nc(N(C)CC(C)C#N)c(Cl)cc1Cl. The maximum atomic E-state index is 8.78. The highest BCUT2D eigenvalue weighted by Crippen LogP contribution is 2.30. The molecule has 4 nitrogen and oxygen atoms in total. The van der Waals surface area contributed by atoms with Gasteiger partial charge in [0.05, 0.1) is 22.0 Å². The fourth-order valence-corrected chi connectivity index (χ4v) is 2.04. The molecule has 0 spiro atoms. The molecule has 0 saturated heterocycles. The van der Waals surface area contributed by atoms with E-state index < -0.39 is 0 Å². The second-order valence-electron chi connectivity index (χ2n) is 3.78. The number of hydrogen-bond donors (Lipinski definition) is 1. The molecule has 0 aliphatic rings. The summed E-state index contributed by atoms with van der Waals surface area (Å²) in [6.07, 6.45) is 0. The Hall–Kier alpha value is -1.18. The molecule has 1 rings (SSSR count). The van der Waals surface area contributed by atoms with E-state index in [4.69, 9.17) is 28.5 Å². The first kappa shape index (κ1) is 13.9. The Labute approximate surface area is 111 Å². The molecule has 1 aromatic rings. The maximum absolute atomic E-state index is 8.78. The van der Waals surface area contributed by atoms with E-state index in [0.29, 0.717) is 28.2 Å². The van der Waals surface area contributed by atoms with Crippen LogP contribution >= 0.6 is 23.2 Å². The van der Waals surface area contributed by atoms with Crippen molar-refractivity contribution in [1.82, 2.24) is 4.98 Å². The zero-order valence-electron chi connectivity index (χ0n) is 9.96. The van der Waals surface area contributed by atoms with Crippen LogP contribution in [0.1, 0.15) is 6.92 Å². The molecule has 0 aromatic carbocycles. The van der Waals surface area contributed by atoms with Crippen molar-refractivity contribution in [3.63, 3.8) is 0 Å². The fraction of sp³-hybridized carbons (Fsp3) is 0.455. The van der Waals surface area contributed by atoms with Crippen LogP contribution < -0.4 is 10.2 Å². The number of nitrogens with one attached hydrogen (secondary N) is 1. The van der Waals surface area contributed by atoms with Crippen LogP contribution in [0.5, 0.6) is 0 Å². The highest BCUT2D eigenvalue weighted by atomic mass is 35.5. The van der Waals surface area contributed by atoms with E-state index in [2.05, 4.69) is 16.4 Å². The first-order valence-electron chi connectivity index (χ1n) is 5.14. The lowest BCUT2D eigenvalue weighted by Crippen LogP contribution is -2.24. The number of nitriles is 1. The molecule has 1 aromatic heterocycles. The predicted octanol–water partition coefficient (Wildman–Crippen LogP) is 3.03. The van der Waals surface area contributed by atoms with Crippen LogP contribution in [-0.2, 0) is 0 Å². The van der Waals surface area contributed by atoms with Crippen molar-refractivity contribution in [3.05, 3.63) is 16.1 Å². The molecule has 6 heteroatoms. The minimum atomic E-state index is -0.0911. The third kappa shape index (κ3) is 3.39. The molecule has 1 N–H and O–H groups in total. The van der Waals surface area contributed by atoms with Gasteiger partial charge in [0.1, 0.15) is 11.6 Å². The minimum absolute atomic E-state index is 0.0911. The molecular formula is C11H14Cl2N4. The summed E-state index contributed by atoms with van der Waals surface area (Å²) in [5.74, 6) is 1.09. The highest BCUT2D eigenvalue weighted by Gasteiger charge is 2.14. The Kier molecular flexibility index (Phi) is 4.86. The van der Waals surface area contributed by atoms with Gasteiger partial charge in [-0.3, -0.25) is 0 Å². The van der Waals surface area contributed by atoms with Gasteiger partial charge in [0, 0.05) is 20.6 Å². The Bertz CT molecular complexity index is 442. The number of aromatic nitrogens is 1. The van der Waals surface area contributed by atoms with Gasteiger partial charge in [-0.15, -0.1) is 0 Å². The van der Waals surface area contributed by atoms with Gasteiger partial charge in [0.2, 0.25) is 0 Å². The van der Waals surface area contributed by atoms with E-state index in [9.17, 15) is 0 Å². The summed E-state index contributed by atoms with van der Waals surface area (Å²) in [6.45, 7) is 2.41. The number of nitrogens with zero attached hydrogens (tertiary/aromatic N) is 3. The van der Waals surface area contributed by atoms with E-state index >= 15 is 0 Å². The van der Waals surface area contributed by atoms with Gasteiger partial charge in [-0.2, -0.15) is 5.26 Å². The van der Waals surface area contributed by atoms with Crippen molar-refractivity contribution in [3.8, 4) is 6.07 Å². The molecule has 1 unspecified atom stereocenters. The van der Waals surface area contributed by atoms with Gasteiger partial charge >= 0.3 is 0 Å². The summed E-state index contributed by atoms with van der Waals surface area (Å²) >= 11 is 12.0. The lowest BCUT2D eigenvalue weighted by molar-refractivity contribution is 0.710.